The van der Waals surface area contributed by atoms with Crippen molar-refractivity contribution in [3.05, 3.63) is 34.4 Å². The van der Waals surface area contributed by atoms with Crippen LogP contribution in [0.1, 0.15) is 25.7 Å². The maximum Gasteiger partial charge on any atom is 0.289 e. The molecule has 0 aromatic heterocycles. The Morgan fingerprint density at radius 3 is 2.43 bits per heavy atom. The third-order valence-corrected chi connectivity index (χ3v) is 5.08. The van der Waals surface area contributed by atoms with Crippen LogP contribution in [0.25, 0.3) is 0 Å². The van der Waals surface area contributed by atoms with Crippen molar-refractivity contribution in [2.45, 2.75) is 30.6 Å². The van der Waals surface area contributed by atoms with Gasteiger partial charge in [-0.2, -0.15) is 0 Å². The number of hydrogen-bond acceptors (Lipinski definition) is 5. The average Bonchev–Trinajstić information content (AvgIpc) is 2.46. The molecule has 2 N–H and O–H groups in total. The van der Waals surface area contributed by atoms with Crippen molar-refractivity contribution < 1.29 is 13.3 Å². The standard InChI is InChI=1S/C13H21N3O4S/c1-15(11-7-3-2-6-10-14)21(19,20)13-9-5-4-8-12(13)16(17)18/h4-5,8-9H,2-3,6-7,10-11,14H2,1H3. The number of nitrogens with zero attached hydrogens (tertiary/aromatic N) is 2. The summed E-state index contributed by atoms with van der Waals surface area (Å²) < 4.78 is 25.9. The molecule has 0 saturated carbocycles. The van der Waals surface area contributed by atoms with Crippen molar-refractivity contribution >= 4 is 15.7 Å². The zero-order valence-electron chi connectivity index (χ0n) is 12.1. The number of benzene rings is 1. The van der Waals surface area contributed by atoms with Crippen LogP contribution in [0, 0.1) is 10.1 Å². The molecule has 1 rings (SSSR count). The Hall–Kier alpha value is -1.51. The first-order valence-corrected chi connectivity index (χ1v) is 8.25. The SMILES string of the molecule is CN(CCCCCCN)S(=O)(=O)c1ccccc1[N+](=O)[O-]. The van der Waals surface area contributed by atoms with Gasteiger partial charge >= 0.3 is 0 Å². The summed E-state index contributed by atoms with van der Waals surface area (Å²) in [5.74, 6) is 0. The van der Waals surface area contributed by atoms with E-state index >= 15 is 0 Å². The second-order valence-electron chi connectivity index (χ2n) is 4.75. The van der Waals surface area contributed by atoms with Crippen LogP contribution in [-0.2, 0) is 10.0 Å². The summed E-state index contributed by atoms with van der Waals surface area (Å²) in [5, 5.41) is 10.9. The Balaban J connectivity index is 2.79. The smallest absolute Gasteiger partial charge is 0.289 e. The first-order valence-electron chi connectivity index (χ1n) is 6.81. The van der Waals surface area contributed by atoms with E-state index in [-0.39, 0.29) is 4.90 Å². The number of rotatable bonds is 9. The summed E-state index contributed by atoms with van der Waals surface area (Å²) >= 11 is 0. The van der Waals surface area contributed by atoms with Gasteiger partial charge in [0.15, 0.2) is 4.90 Å². The topological polar surface area (TPSA) is 107 Å². The monoisotopic (exact) mass is 315 g/mol. The lowest BCUT2D eigenvalue weighted by Gasteiger charge is -2.17. The average molecular weight is 315 g/mol. The maximum absolute atomic E-state index is 12.4. The molecule has 21 heavy (non-hydrogen) atoms. The number of sulfonamides is 1. The number of nitrogens with two attached hydrogens (primary N) is 1. The van der Waals surface area contributed by atoms with Gasteiger partial charge in [-0.15, -0.1) is 0 Å². The molecular weight excluding hydrogens is 294 g/mol. The van der Waals surface area contributed by atoms with Gasteiger partial charge in [-0.3, -0.25) is 10.1 Å². The van der Waals surface area contributed by atoms with E-state index in [4.69, 9.17) is 5.73 Å². The molecule has 0 spiro atoms. The van der Waals surface area contributed by atoms with E-state index in [1.807, 2.05) is 0 Å². The van der Waals surface area contributed by atoms with Crippen molar-refractivity contribution in [1.29, 1.82) is 0 Å². The second-order valence-corrected chi connectivity index (χ2v) is 6.77. The third kappa shape index (κ3) is 4.76. The number of nitro benzene ring substituents is 1. The fraction of sp³-hybridized carbons (Fsp3) is 0.538. The van der Waals surface area contributed by atoms with Crippen molar-refractivity contribution in [3.63, 3.8) is 0 Å². The van der Waals surface area contributed by atoms with E-state index < -0.39 is 20.6 Å². The van der Waals surface area contributed by atoms with E-state index in [2.05, 4.69) is 0 Å². The van der Waals surface area contributed by atoms with Crippen molar-refractivity contribution in [2.24, 2.45) is 5.73 Å². The predicted molar refractivity (Wildman–Crippen MR) is 80.4 cm³/mol. The van der Waals surface area contributed by atoms with Crippen LogP contribution in [0.2, 0.25) is 0 Å². The quantitative estimate of drug-likeness (QED) is 0.424. The Bertz CT molecular complexity index is 575. The Kier molecular flexibility index (Phi) is 6.73. The van der Waals surface area contributed by atoms with Crippen molar-refractivity contribution in [2.75, 3.05) is 20.1 Å². The fourth-order valence-corrected chi connectivity index (χ4v) is 3.31. The molecule has 8 heteroatoms. The normalized spacial score (nSPS) is 11.8. The largest absolute Gasteiger partial charge is 0.330 e. The molecule has 1 aromatic rings. The van der Waals surface area contributed by atoms with Crippen molar-refractivity contribution in [1.82, 2.24) is 4.31 Å². The molecule has 0 radical (unpaired) electrons. The molecule has 0 heterocycles. The number of nitro groups is 1. The molecular formula is C13H21N3O4S. The molecule has 0 atom stereocenters. The van der Waals surface area contributed by atoms with Crippen LogP contribution in [-0.4, -0.2) is 37.8 Å². The molecule has 0 aliphatic heterocycles. The Morgan fingerprint density at radius 2 is 1.81 bits per heavy atom. The first kappa shape index (κ1) is 17.5. The second kappa shape index (κ2) is 8.06. The minimum absolute atomic E-state index is 0.264. The van der Waals surface area contributed by atoms with Crippen LogP contribution >= 0.6 is 0 Å². The van der Waals surface area contributed by atoms with Gasteiger partial charge in [0.2, 0.25) is 10.0 Å². The first-order chi connectivity index (χ1) is 9.91. The van der Waals surface area contributed by atoms with Crippen LogP contribution in [0.3, 0.4) is 0 Å². The molecule has 118 valence electrons. The minimum Gasteiger partial charge on any atom is -0.330 e. The zero-order valence-corrected chi connectivity index (χ0v) is 12.9. The van der Waals surface area contributed by atoms with E-state index in [1.54, 1.807) is 0 Å². The van der Waals surface area contributed by atoms with Crippen molar-refractivity contribution in [3.8, 4) is 0 Å². The molecule has 0 amide bonds. The number of para-hydroxylation sites is 1. The molecule has 0 unspecified atom stereocenters. The van der Waals surface area contributed by atoms with Gasteiger partial charge in [-0.05, 0) is 25.5 Å². The van der Waals surface area contributed by atoms with Gasteiger partial charge < -0.3 is 5.73 Å². The van der Waals surface area contributed by atoms with E-state index in [1.165, 1.54) is 31.3 Å². The number of unbranched alkanes of at least 4 members (excludes halogenated alkanes) is 3. The number of hydrogen-bond donors (Lipinski definition) is 1. The van der Waals surface area contributed by atoms with E-state index in [9.17, 15) is 18.5 Å². The maximum atomic E-state index is 12.4. The summed E-state index contributed by atoms with van der Waals surface area (Å²) in [4.78, 5) is 9.99. The molecule has 0 saturated heterocycles. The van der Waals surface area contributed by atoms with Gasteiger partial charge in [-0.25, -0.2) is 12.7 Å². The highest BCUT2D eigenvalue weighted by Gasteiger charge is 2.28. The summed E-state index contributed by atoms with van der Waals surface area (Å²) in [6.45, 7) is 0.962. The van der Waals surface area contributed by atoms with Gasteiger partial charge in [-0.1, -0.05) is 25.0 Å². The third-order valence-electron chi connectivity index (χ3n) is 3.18. The summed E-state index contributed by atoms with van der Waals surface area (Å²) in [7, 11) is -2.40. The lowest BCUT2D eigenvalue weighted by atomic mass is 10.2. The van der Waals surface area contributed by atoms with Gasteiger partial charge in [0.25, 0.3) is 5.69 Å². The Morgan fingerprint density at radius 1 is 1.19 bits per heavy atom. The lowest BCUT2D eigenvalue weighted by molar-refractivity contribution is -0.387. The van der Waals surface area contributed by atoms with Crippen LogP contribution in [0.4, 0.5) is 5.69 Å². The zero-order chi connectivity index (χ0) is 15.9. The molecule has 0 aliphatic rings. The highest BCUT2D eigenvalue weighted by molar-refractivity contribution is 7.89. The summed E-state index contributed by atoms with van der Waals surface area (Å²) in [6, 6.07) is 5.39. The molecule has 0 bridgehead atoms. The van der Waals surface area contributed by atoms with Crippen LogP contribution < -0.4 is 5.73 Å². The fourth-order valence-electron chi connectivity index (χ4n) is 1.95. The molecule has 0 fully saturated rings. The van der Waals surface area contributed by atoms with Gasteiger partial charge in [0.05, 0.1) is 4.92 Å². The predicted octanol–water partition coefficient (Wildman–Crippen LogP) is 1.73. The molecule has 1 aromatic carbocycles. The molecule has 0 aliphatic carbocycles. The highest BCUT2D eigenvalue weighted by atomic mass is 32.2. The van der Waals surface area contributed by atoms with Crippen LogP contribution in [0.15, 0.2) is 29.2 Å². The van der Waals surface area contributed by atoms with Crippen LogP contribution in [0.5, 0.6) is 0 Å². The Labute approximate surface area is 124 Å². The molecule has 7 nitrogen and oxygen atoms in total. The van der Waals surface area contributed by atoms with E-state index in [0.29, 0.717) is 19.5 Å². The van der Waals surface area contributed by atoms with Gasteiger partial charge in [0.1, 0.15) is 0 Å². The lowest BCUT2D eigenvalue weighted by Crippen LogP contribution is -2.28. The van der Waals surface area contributed by atoms with E-state index in [0.717, 1.165) is 23.6 Å². The summed E-state index contributed by atoms with van der Waals surface area (Å²) in [6.07, 6.45) is 3.46. The summed E-state index contributed by atoms with van der Waals surface area (Å²) in [5.41, 5.74) is 4.99. The minimum atomic E-state index is -3.84. The van der Waals surface area contributed by atoms with Gasteiger partial charge in [0, 0.05) is 19.7 Å². The highest BCUT2D eigenvalue weighted by Crippen LogP contribution is 2.25.